The molecule has 0 aromatic heterocycles. The predicted molar refractivity (Wildman–Crippen MR) is 62.7 cm³/mol. The lowest BCUT2D eigenvalue weighted by molar-refractivity contribution is 0.485. The summed E-state index contributed by atoms with van der Waals surface area (Å²) in [7, 11) is 0. The monoisotopic (exact) mass is 227 g/mol. The van der Waals surface area contributed by atoms with Gasteiger partial charge in [0.05, 0.1) is 12.6 Å². The van der Waals surface area contributed by atoms with Crippen molar-refractivity contribution in [2.75, 3.05) is 13.1 Å². The van der Waals surface area contributed by atoms with Crippen LogP contribution in [-0.2, 0) is 0 Å². The predicted octanol–water partition coefficient (Wildman–Crippen LogP) is 2.15. The third-order valence-electron chi connectivity index (χ3n) is 1.17. The van der Waals surface area contributed by atoms with E-state index in [1.54, 1.807) is 0 Å². The maximum Gasteiger partial charge on any atom is 0.0892 e. The second kappa shape index (κ2) is 10.0. The van der Waals surface area contributed by atoms with Crippen LogP contribution in [0, 0.1) is 0 Å². The summed E-state index contributed by atoms with van der Waals surface area (Å²) < 4.78 is 0. The van der Waals surface area contributed by atoms with Gasteiger partial charge >= 0.3 is 0 Å². The molecule has 0 aromatic rings. The van der Waals surface area contributed by atoms with Crippen molar-refractivity contribution in [3.05, 3.63) is 0 Å². The van der Waals surface area contributed by atoms with Gasteiger partial charge in [-0.05, 0) is 27.2 Å². The molecule has 13 heavy (non-hydrogen) atoms. The summed E-state index contributed by atoms with van der Waals surface area (Å²) in [5, 5.41) is 0. The Morgan fingerprint density at radius 3 is 2.15 bits per heavy atom. The number of rotatable bonds is 4. The molecule has 0 aliphatic carbocycles. The van der Waals surface area contributed by atoms with Crippen LogP contribution in [-0.4, -0.2) is 24.6 Å². The zero-order chi connectivity index (χ0) is 8.74. The van der Waals surface area contributed by atoms with Gasteiger partial charge in [0.2, 0.25) is 0 Å². The molecule has 0 radical (unpaired) electrons. The van der Waals surface area contributed by atoms with E-state index in [4.69, 9.17) is 5.73 Å². The Labute approximate surface area is 92.7 Å². The van der Waals surface area contributed by atoms with Crippen molar-refractivity contribution in [2.45, 2.75) is 32.7 Å². The van der Waals surface area contributed by atoms with Crippen LogP contribution in [0.4, 0.5) is 0 Å². The molecule has 0 amide bonds. The molecule has 0 saturated carbocycles. The molecule has 0 atom stereocenters. The van der Waals surface area contributed by atoms with Crippen molar-refractivity contribution >= 4 is 30.8 Å². The lowest BCUT2D eigenvalue weighted by atomic mass is 10.0. The minimum Gasteiger partial charge on any atom is -0.325 e. The number of aliphatic imine (C=N–C) groups is 2. The first-order valence-corrected chi connectivity index (χ1v) is 3.93. The lowest BCUT2D eigenvalue weighted by Gasteiger charge is -2.15. The molecule has 0 unspecified atom stereocenters. The molecule has 2 N–H and O–H groups in total. The molecule has 0 saturated heterocycles. The van der Waals surface area contributed by atoms with Crippen LogP contribution in [0.5, 0.6) is 0 Å². The van der Waals surface area contributed by atoms with Gasteiger partial charge in [0, 0.05) is 12.1 Å². The fourth-order valence-electron chi connectivity index (χ4n) is 0.515. The zero-order valence-electron chi connectivity index (χ0n) is 8.41. The van der Waals surface area contributed by atoms with E-state index in [-0.39, 0.29) is 30.4 Å². The summed E-state index contributed by atoms with van der Waals surface area (Å²) in [5.41, 5.74) is 5.60. The van der Waals surface area contributed by atoms with E-state index in [1.807, 2.05) is 20.8 Å². The Kier molecular flexibility index (Phi) is 14.4. The largest absolute Gasteiger partial charge is 0.325 e. The van der Waals surface area contributed by atoms with Gasteiger partial charge in [-0.1, -0.05) is 0 Å². The summed E-state index contributed by atoms with van der Waals surface area (Å²) in [5.74, 6) is 0. The number of nitrogens with two attached hydrogens (primary N) is 1. The van der Waals surface area contributed by atoms with E-state index in [0.717, 1.165) is 13.0 Å². The first kappa shape index (κ1) is 18.7. The van der Waals surface area contributed by atoms with Crippen molar-refractivity contribution in [3.63, 3.8) is 0 Å². The van der Waals surface area contributed by atoms with E-state index in [9.17, 15) is 0 Å². The minimum atomic E-state index is -0.128. The van der Waals surface area contributed by atoms with Gasteiger partial charge in [0.15, 0.2) is 0 Å². The zero-order valence-corrected chi connectivity index (χ0v) is 10.0. The standard InChI is InChI=1S/C8H17N3.2ClH/c1-4-10-7-11-6-5-8(2,3)9;;/h4-6,9H2,1-3H3;2*1H. The van der Waals surface area contributed by atoms with Gasteiger partial charge in [0.1, 0.15) is 0 Å². The highest BCUT2D eigenvalue weighted by molar-refractivity contribution is 5.85. The number of hydrogen-bond donors (Lipinski definition) is 1. The van der Waals surface area contributed by atoms with Crippen molar-refractivity contribution < 1.29 is 0 Å². The Bertz CT molecular complexity index is 157. The minimum absolute atomic E-state index is 0. The van der Waals surface area contributed by atoms with Crippen LogP contribution in [0.15, 0.2) is 9.98 Å². The van der Waals surface area contributed by atoms with Crippen LogP contribution in [0.25, 0.3) is 0 Å². The molecule has 0 aliphatic rings. The van der Waals surface area contributed by atoms with Gasteiger partial charge in [0.25, 0.3) is 0 Å². The van der Waals surface area contributed by atoms with E-state index in [2.05, 4.69) is 16.0 Å². The molecule has 80 valence electrons. The first-order valence-electron chi connectivity index (χ1n) is 3.93. The third kappa shape index (κ3) is 18.7. The summed E-state index contributed by atoms with van der Waals surface area (Å²) in [4.78, 5) is 7.78. The van der Waals surface area contributed by atoms with Gasteiger partial charge in [-0.2, -0.15) is 0 Å². The smallest absolute Gasteiger partial charge is 0.0892 e. The maximum absolute atomic E-state index is 5.73. The second-order valence-electron chi connectivity index (χ2n) is 3.19. The molecule has 0 aromatic carbocycles. The third-order valence-corrected chi connectivity index (χ3v) is 1.17. The number of halogens is 2. The fraction of sp³-hybridized carbons (Fsp3) is 0.875. The molecule has 0 heterocycles. The quantitative estimate of drug-likeness (QED) is 0.736. The molecule has 0 rings (SSSR count). The summed E-state index contributed by atoms with van der Waals surface area (Å²) in [6, 6.07) is 2.60. The molecule has 0 bridgehead atoms. The lowest BCUT2D eigenvalue weighted by Crippen LogP contribution is -2.32. The summed E-state index contributed by atoms with van der Waals surface area (Å²) >= 11 is 0. The summed E-state index contributed by atoms with van der Waals surface area (Å²) in [6.45, 7) is 7.39. The highest BCUT2D eigenvalue weighted by Gasteiger charge is 2.08. The van der Waals surface area contributed by atoms with Crippen LogP contribution < -0.4 is 5.73 Å². The Balaban J connectivity index is -0.000000500. The average molecular weight is 228 g/mol. The molecule has 5 heteroatoms. The summed E-state index contributed by atoms with van der Waals surface area (Å²) in [6.07, 6.45) is 0.874. The van der Waals surface area contributed by atoms with Crippen molar-refractivity contribution in [1.29, 1.82) is 0 Å². The Morgan fingerprint density at radius 1 is 1.23 bits per heavy atom. The SMILES string of the molecule is CCN=C=NCCC(C)(C)N.Cl.Cl. The Hall–Kier alpha value is -0.0800. The topological polar surface area (TPSA) is 50.7 Å². The molecule has 3 nitrogen and oxygen atoms in total. The number of nitrogens with zero attached hydrogens (tertiary/aromatic N) is 2. The van der Waals surface area contributed by atoms with Crippen LogP contribution in [0.3, 0.4) is 0 Å². The molecule has 0 fully saturated rings. The fourth-order valence-corrected chi connectivity index (χ4v) is 0.515. The van der Waals surface area contributed by atoms with Gasteiger partial charge < -0.3 is 5.73 Å². The van der Waals surface area contributed by atoms with E-state index >= 15 is 0 Å². The number of hydrogen-bond acceptors (Lipinski definition) is 3. The van der Waals surface area contributed by atoms with Crippen molar-refractivity contribution in [2.24, 2.45) is 15.7 Å². The van der Waals surface area contributed by atoms with Crippen LogP contribution in [0.2, 0.25) is 0 Å². The molecule has 0 aliphatic heterocycles. The van der Waals surface area contributed by atoms with Crippen molar-refractivity contribution in [1.82, 2.24) is 0 Å². The van der Waals surface area contributed by atoms with Crippen LogP contribution >= 0.6 is 24.8 Å². The normalized spacial score (nSPS) is 8.92. The highest BCUT2D eigenvalue weighted by Crippen LogP contribution is 2.01. The highest BCUT2D eigenvalue weighted by atomic mass is 35.5. The molecular formula is C8H19Cl2N3. The van der Waals surface area contributed by atoms with Crippen molar-refractivity contribution in [3.8, 4) is 0 Å². The Morgan fingerprint density at radius 2 is 1.77 bits per heavy atom. The second-order valence-corrected chi connectivity index (χ2v) is 3.19. The van der Waals surface area contributed by atoms with Gasteiger partial charge in [-0.25, -0.2) is 9.98 Å². The maximum atomic E-state index is 5.73. The van der Waals surface area contributed by atoms with E-state index in [0.29, 0.717) is 6.54 Å². The van der Waals surface area contributed by atoms with Crippen LogP contribution in [0.1, 0.15) is 27.2 Å². The molecule has 0 spiro atoms. The first-order chi connectivity index (χ1) is 5.06. The van der Waals surface area contributed by atoms with E-state index < -0.39 is 0 Å². The van der Waals surface area contributed by atoms with Gasteiger partial charge in [-0.3, -0.25) is 0 Å². The average Bonchev–Trinajstić information content (AvgIpc) is 1.85. The van der Waals surface area contributed by atoms with E-state index in [1.165, 1.54) is 0 Å². The van der Waals surface area contributed by atoms with Gasteiger partial charge in [-0.15, -0.1) is 24.8 Å². The molecular weight excluding hydrogens is 209 g/mol.